The fourth-order valence-electron chi connectivity index (χ4n) is 10.8. The van der Waals surface area contributed by atoms with Crippen LogP contribution in [0.5, 0.6) is 69.0 Å². The second kappa shape index (κ2) is 33.4. The first-order valence-corrected chi connectivity index (χ1v) is 36.4. The van der Waals surface area contributed by atoms with Crippen molar-refractivity contribution in [3.05, 3.63) is 206 Å². The van der Waals surface area contributed by atoms with E-state index in [1.807, 2.05) is 213 Å². The Bertz CT molecular complexity index is 5530. The summed E-state index contributed by atoms with van der Waals surface area (Å²) in [7, 11) is 0. The molecular weight excluding hydrogens is 1380 g/mol. The highest BCUT2D eigenvalue weighted by Gasteiger charge is 2.32. The molecule has 0 aliphatic heterocycles. The number of phenols is 7. The molecule has 13 rings (SSSR count). The Balaban J connectivity index is 0.000000157. The van der Waals surface area contributed by atoms with Crippen LogP contribution in [0.25, 0.3) is 86.2 Å². The van der Waals surface area contributed by atoms with E-state index in [-0.39, 0.29) is 70.1 Å². The summed E-state index contributed by atoms with van der Waals surface area (Å²) in [5.41, 5.74) is -2.59. The molecule has 0 heterocycles. The van der Waals surface area contributed by atoms with E-state index >= 15 is 0 Å². The smallest absolute Gasteiger partial charge is 0.316 e. The van der Waals surface area contributed by atoms with E-state index in [1.165, 1.54) is 24.3 Å². The Labute approximate surface area is 634 Å². The lowest BCUT2D eigenvalue weighted by atomic mass is 9.90. The molecule has 566 valence electrons. The number of aromatic hydroxyl groups is 7. The Hall–Kier alpha value is -12.1. The van der Waals surface area contributed by atoms with Gasteiger partial charge in [0.15, 0.2) is 23.0 Å². The molecule has 0 fully saturated rings. The van der Waals surface area contributed by atoms with Gasteiger partial charge in [-0.2, -0.15) is 0 Å². The molecule has 0 saturated carbocycles. The van der Waals surface area contributed by atoms with E-state index < -0.39 is 27.1 Å². The van der Waals surface area contributed by atoms with Crippen LogP contribution >= 0.6 is 0 Å². The van der Waals surface area contributed by atoms with Gasteiger partial charge in [-0.3, -0.25) is 24.0 Å². The van der Waals surface area contributed by atoms with E-state index in [2.05, 4.69) is 0 Å². The zero-order valence-electron chi connectivity index (χ0n) is 64.4. The van der Waals surface area contributed by atoms with Crippen LogP contribution in [0.4, 0.5) is 0 Å². The summed E-state index contributed by atoms with van der Waals surface area (Å²) in [4.78, 5) is 61.0. The Morgan fingerprint density at radius 1 is 0.248 bits per heavy atom. The van der Waals surface area contributed by atoms with Crippen LogP contribution in [0.2, 0.25) is 0 Å². The van der Waals surface area contributed by atoms with E-state index in [0.29, 0.717) is 64.2 Å². The van der Waals surface area contributed by atoms with Crippen LogP contribution in [0.1, 0.15) is 136 Å². The van der Waals surface area contributed by atoms with Crippen LogP contribution < -0.4 is 23.7 Å². The molecule has 0 bridgehead atoms. The van der Waals surface area contributed by atoms with E-state index in [0.717, 1.165) is 82.9 Å². The Kier molecular flexibility index (Phi) is 24.8. The number of carbonyl (C=O) groups excluding carboxylic acids is 5. The summed E-state index contributed by atoms with van der Waals surface area (Å²) < 4.78 is 27.6. The van der Waals surface area contributed by atoms with Gasteiger partial charge >= 0.3 is 29.8 Å². The first-order chi connectivity index (χ1) is 51.4. The summed E-state index contributed by atoms with van der Waals surface area (Å²) in [5.74, 6) is 1.29. The van der Waals surface area contributed by atoms with Crippen molar-refractivity contribution in [3.8, 4) is 69.0 Å². The third-order valence-corrected chi connectivity index (χ3v) is 20.4. The summed E-state index contributed by atoms with van der Waals surface area (Å²) in [6.07, 6.45) is 3.54. The van der Waals surface area contributed by atoms with Gasteiger partial charge in [0.1, 0.15) is 46.0 Å². The Morgan fingerprint density at radius 3 is 0.780 bits per heavy atom. The topological polar surface area (TPSA) is 273 Å². The maximum atomic E-state index is 12.6. The molecule has 0 unspecified atom stereocenters. The number of hydrogen-bond acceptors (Lipinski definition) is 17. The van der Waals surface area contributed by atoms with Crippen molar-refractivity contribution in [3.63, 3.8) is 0 Å². The van der Waals surface area contributed by atoms with Gasteiger partial charge in [0.05, 0.1) is 27.1 Å². The molecule has 0 amide bonds. The number of rotatable bonds is 15. The number of esters is 5. The molecule has 13 aromatic rings. The van der Waals surface area contributed by atoms with Gasteiger partial charge in [-0.25, -0.2) is 0 Å². The predicted molar refractivity (Wildman–Crippen MR) is 432 cm³/mol. The summed E-state index contributed by atoms with van der Waals surface area (Å²) in [5, 5.41) is 81.4. The van der Waals surface area contributed by atoms with Gasteiger partial charge in [0.2, 0.25) is 0 Å². The molecule has 0 atom stereocenters. The highest BCUT2D eigenvalue weighted by Crippen LogP contribution is 2.44. The molecule has 13 aromatic carbocycles. The van der Waals surface area contributed by atoms with Crippen molar-refractivity contribution in [1.82, 2.24) is 0 Å². The molecule has 7 N–H and O–H groups in total. The van der Waals surface area contributed by atoms with Gasteiger partial charge in [0, 0.05) is 21.5 Å². The van der Waals surface area contributed by atoms with Crippen molar-refractivity contribution in [1.29, 1.82) is 0 Å². The molecule has 0 aromatic heterocycles. The quantitative estimate of drug-likeness (QED) is 0.0217. The fourth-order valence-corrected chi connectivity index (χ4v) is 10.8. The highest BCUT2D eigenvalue weighted by molar-refractivity contribution is 6.12. The van der Waals surface area contributed by atoms with Gasteiger partial charge in [-0.05, 0) is 287 Å². The van der Waals surface area contributed by atoms with Crippen LogP contribution in [0.15, 0.2) is 206 Å². The molecule has 17 heteroatoms. The number of fused-ring (bicyclic) bond motifs is 8. The fraction of sp³-hybridized carbons (Fsp3) is 0.272. The first-order valence-electron chi connectivity index (χ1n) is 36.4. The minimum Gasteiger partial charge on any atom is -0.508 e. The summed E-state index contributed by atoms with van der Waals surface area (Å²) in [6.45, 7) is 28.4. The molecule has 0 aliphatic rings. The Morgan fingerprint density at radius 2 is 0.459 bits per heavy atom. The van der Waals surface area contributed by atoms with E-state index in [4.69, 9.17) is 23.7 Å². The van der Waals surface area contributed by atoms with E-state index in [1.54, 1.807) is 72.8 Å². The standard InChI is InChI=1S/C20H20O4.2C20H20O3.C16H18O4.C16H18O3/c1-4-20(2,3)19(23)24-16-6-5-12-7-14-10-17(21)18(22)11-15(14)8-13(12)9-16;1-4-20(2,3)19(22)23-18-8-6-14-9-15-11-17(21)7-5-13(15)10-16(14)12-18;1-4-20(2,3)19(22)23-18-15-11-7-5-9-13(15)17(21)14-10-6-8-12-16(14)18;1-4-16(2,3)15(19)20-12-6-5-10-8-13(17)14(18)9-11(10)7-12;1-4-16(2,3)15(18)19-14-8-6-11-9-13(17)7-5-12(11)10-14/h5-11,21-22H,4H2,1-3H3;2*5-12,21H,4H2,1-3H3;5-9,17-18H,4H2,1-3H3;5-10,17H,4H2,1-3H3. The van der Waals surface area contributed by atoms with Gasteiger partial charge in [-0.1, -0.05) is 120 Å². The summed E-state index contributed by atoms with van der Waals surface area (Å²) in [6, 6.07) is 60.6. The molecule has 17 nitrogen and oxygen atoms in total. The maximum absolute atomic E-state index is 12.6. The number of hydrogen-bond donors (Lipinski definition) is 7. The van der Waals surface area contributed by atoms with Crippen LogP contribution in [-0.2, 0) is 24.0 Å². The van der Waals surface area contributed by atoms with Crippen LogP contribution in [-0.4, -0.2) is 65.6 Å². The lowest BCUT2D eigenvalue weighted by Crippen LogP contribution is -2.28. The van der Waals surface area contributed by atoms with Gasteiger partial charge in [0.25, 0.3) is 0 Å². The van der Waals surface area contributed by atoms with Crippen molar-refractivity contribution in [2.75, 3.05) is 0 Å². The van der Waals surface area contributed by atoms with Crippen molar-refractivity contribution in [2.45, 2.75) is 136 Å². The minimum atomic E-state index is -0.555. The van der Waals surface area contributed by atoms with Crippen LogP contribution in [0, 0.1) is 27.1 Å². The molecule has 0 aliphatic carbocycles. The number of carbonyl (C=O) groups is 5. The molecule has 0 spiro atoms. The summed E-state index contributed by atoms with van der Waals surface area (Å²) >= 11 is 0. The van der Waals surface area contributed by atoms with Crippen molar-refractivity contribution in [2.24, 2.45) is 27.1 Å². The van der Waals surface area contributed by atoms with E-state index in [9.17, 15) is 59.7 Å². The first kappa shape index (κ1) is 81.0. The second-order valence-corrected chi connectivity index (χ2v) is 30.4. The average molecular weight is 1470 g/mol. The number of phenolic OH excluding ortho intramolecular Hbond substituents is 7. The third-order valence-electron chi connectivity index (χ3n) is 20.4. The van der Waals surface area contributed by atoms with Crippen molar-refractivity contribution >= 4 is 116 Å². The lowest BCUT2D eigenvalue weighted by Gasteiger charge is -2.22. The normalized spacial score (nSPS) is 11.7. The number of benzene rings is 13. The molecular formula is C92H96O17. The van der Waals surface area contributed by atoms with Gasteiger partial charge in [-0.15, -0.1) is 0 Å². The zero-order chi connectivity index (χ0) is 79.7. The molecule has 109 heavy (non-hydrogen) atoms. The number of ether oxygens (including phenoxy) is 5. The lowest BCUT2D eigenvalue weighted by molar-refractivity contribution is -0.144. The molecule has 0 saturated heterocycles. The van der Waals surface area contributed by atoms with Gasteiger partial charge < -0.3 is 59.4 Å². The predicted octanol–water partition coefficient (Wildman–Crippen LogP) is 22.3. The average Bonchev–Trinajstić information content (AvgIpc) is 0.741. The molecule has 0 radical (unpaired) electrons. The van der Waals surface area contributed by atoms with Crippen molar-refractivity contribution < 1.29 is 83.4 Å². The maximum Gasteiger partial charge on any atom is 0.316 e. The minimum absolute atomic E-state index is 0.144. The highest BCUT2D eigenvalue weighted by atomic mass is 16.6. The van der Waals surface area contributed by atoms with Crippen LogP contribution in [0.3, 0.4) is 0 Å². The monoisotopic (exact) mass is 1470 g/mol. The zero-order valence-corrected chi connectivity index (χ0v) is 64.4. The second-order valence-electron chi connectivity index (χ2n) is 30.4. The third kappa shape index (κ3) is 19.4. The SMILES string of the molecule is CCC(C)(C)C(=O)Oc1c2ccccc2c(O)c2ccccc12.CCC(C)(C)C(=O)Oc1ccc2cc(O)c(O)cc2c1.CCC(C)(C)C(=O)Oc1ccc2cc(O)ccc2c1.CCC(C)(C)C(=O)Oc1ccc2cc3cc(O)c(O)cc3cc2c1.CCC(C)(C)C(=O)Oc1ccc2cc3cc(O)ccc3cc2c1. The largest absolute Gasteiger partial charge is 0.508 e.